The second-order valence-electron chi connectivity index (χ2n) is 4.17. The highest BCUT2D eigenvalue weighted by molar-refractivity contribution is 7.07. The molecule has 94 valence electrons. The van der Waals surface area contributed by atoms with Crippen LogP contribution in [-0.4, -0.2) is 10.9 Å². The lowest BCUT2D eigenvalue weighted by Gasteiger charge is -2.12. The monoisotopic (exact) mass is 260 g/mol. The zero-order chi connectivity index (χ0) is 13.0. The quantitative estimate of drug-likeness (QED) is 0.917. The smallest absolute Gasteiger partial charge is 0.230 e. The summed E-state index contributed by atoms with van der Waals surface area (Å²) in [4.78, 5) is 16.1. The van der Waals surface area contributed by atoms with Crippen molar-refractivity contribution in [2.75, 3.05) is 5.32 Å². The minimum Gasteiger partial charge on any atom is -0.325 e. The van der Waals surface area contributed by atoms with Crippen molar-refractivity contribution < 1.29 is 4.79 Å². The van der Waals surface area contributed by atoms with E-state index >= 15 is 0 Å². The van der Waals surface area contributed by atoms with E-state index < -0.39 is 0 Å². The molecule has 0 saturated heterocycles. The zero-order valence-corrected chi connectivity index (χ0v) is 11.4. The summed E-state index contributed by atoms with van der Waals surface area (Å²) in [5.41, 5.74) is 5.78. The number of carbonyl (C=O) groups is 1. The molecule has 0 saturated carbocycles. The van der Waals surface area contributed by atoms with Gasteiger partial charge in [-0.1, -0.05) is 25.1 Å². The summed E-state index contributed by atoms with van der Waals surface area (Å²) in [6.45, 7) is 4.10. The van der Waals surface area contributed by atoms with E-state index in [0.717, 1.165) is 23.4 Å². The van der Waals surface area contributed by atoms with Gasteiger partial charge in [0.25, 0.3) is 0 Å². The topological polar surface area (TPSA) is 42.0 Å². The molecule has 0 unspecified atom stereocenters. The van der Waals surface area contributed by atoms with Gasteiger partial charge in [0.1, 0.15) is 0 Å². The van der Waals surface area contributed by atoms with Gasteiger partial charge in [-0.2, -0.15) is 0 Å². The maximum Gasteiger partial charge on any atom is 0.230 e. The molecule has 0 spiro atoms. The van der Waals surface area contributed by atoms with Gasteiger partial charge in [0, 0.05) is 11.1 Å². The third-order valence-corrected chi connectivity index (χ3v) is 3.46. The number of nitrogens with zero attached hydrogens (tertiary/aromatic N) is 1. The van der Waals surface area contributed by atoms with Crippen LogP contribution >= 0.6 is 11.3 Å². The van der Waals surface area contributed by atoms with Gasteiger partial charge in [0.05, 0.1) is 17.6 Å². The Morgan fingerprint density at radius 1 is 1.44 bits per heavy atom. The number of amides is 1. The van der Waals surface area contributed by atoms with Crippen LogP contribution in [0.4, 0.5) is 5.69 Å². The van der Waals surface area contributed by atoms with E-state index in [1.807, 2.05) is 30.5 Å². The van der Waals surface area contributed by atoms with Crippen LogP contribution < -0.4 is 5.32 Å². The van der Waals surface area contributed by atoms with Crippen LogP contribution in [-0.2, 0) is 17.6 Å². The van der Waals surface area contributed by atoms with Crippen LogP contribution in [0.5, 0.6) is 0 Å². The third-order valence-electron chi connectivity index (χ3n) is 2.83. The first-order chi connectivity index (χ1) is 8.70. The first kappa shape index (κ1) is 12.8. The first-order valence-electron chi connectivity index (χ1n) is 5.96. The molecule has 2 aromatic rings. The molecule has 0 aliphatic heterocycles. The van der Waals surface area contributed by atoms with Gasteiger partial charge in [-0.25, -0.2) is 4.98 Å². The lowest BCUT2D eigenvalue weighted by atomic mass is 10.1. The third kappa shape index (κ3) is 2.96. The van der Waals surface area contributed by atoms with Gasteiger partial charge in [-0.05, 0) is 24.5 Å². The molecule has 18 heavy (non-hydrogen) atoms. The van der Waals surface area contributed by atoms with E-state index in [4.69, 9.17) is 0 Å². The van der Waals surface area contributed by atoms with E-state index in [1.54, 1.807) is 5.51 Å². The maximum absolute atomic E-state index is 12.0. The largest absolute Gasteiger partial charge is 0.325 e. The van der Waals surface area contributed by atoms with E-state index in [1.165, 1.54) is 16.9 Å². The Morgan fingerprint density at radius 2 is 2.28 bits per heavy atom. The molecule has 0 fully saturated rings. The Bertz CT molecular complexity index is 535. The Morgan fingerprint density at radius 3 is 2.94 bits per heavy atom. The zero-order valence-electron chi connectivity index (χ0n) is 10.6. The normalized spacial score (nSPS) is 10.3. The number of para-hydroxylation sites is 1. The summed E-state index contributed by atoms with van der Waals surface area (Å²) < 4.78 is 0. The second-order valence-corrected chi connectivity index (χ2v) is 4.89. The number of aromatic nitrogens is 1. The summed E-state index contributed by atoms with van der Waals surface area (Å²) >= 11 is 1.51. The van der Waals surface area contributed by atoms with Crippen LogP contribution in [0.3, 0.4) is 0 Å². The highest BCUT2D eigenvalue weighted by Crippen LogP contribution is 2.21. The summed E-state index contributed by atoms with van der Waals surface area (Å²) in [6.07, 6.45) is 1.25. The fraction of sp³-hybridized carbons (Fsp3) is 0.286. The number of hydrogen-bond acceptors (Lipinski definition) is 3. The number of anilines is 1. The summed E-state index contributed by atoms with van der Waals surface area (Å²) in [5, 5.41) is 4.89. The Labute approximate surface area is 111 Å². The average Bonchev–Trinajstić information content (AvgIpc) is 2.84. The molecule has 0 bridgehead atoms. The predicted molar refractivity (Wildman–Crippen MR) is 75.0 cm³/mol. The lowest BCUT2D eigenvalue weighted by Crippen LogP contribution is -2.16. The standard InChI is InChI=1S/C14H16N2OS/c1-3-11-6-4-5-10(2)14(11)16-13(17)7-12-8-18-9-15-12/h4-6,8-9H,3,7H2,1-2H3,(H,16,17). The van der Waals surface area contributed by atoms with E-state index in [-0.39, 0.29) is 5.91 Å². The van der Waals surface area contributed by atoms with Crippen LogP contribution in [0.2, 0.25) is 0 Å². The molecule has 1 heterocycles. The molecule has 0 atom stereocenters. The Kier molecular flexibility index (Phi) is 4.10. The molecule has 2 rings (SSSR count). The number of thiazole rings is 1. The minimum atomic E-state index is -0.00935. The van der Waals surface area contributed by atoms with Crippen LogP contribution in [0.15, 0.2) is 29.1 Å². The van der Waals surface area contributed by atoms with Crippen molar-refractivity contribution in [1.29, 1.82) is 0 Å². The van der Waals surface area contributed by atoms with E-state index in [9.17, 15) is 4.79 Å². The number of carbonyl (C=O) groups excluding carboxylic acids is 1. The van der Waals surface area contributed by atoms with E-state index in [2.05, 4.69) is 17.2 Å². The van der Waals surface area contributed by atoms with Crippen molar-refractivity contribution >= 4 is 22.9 Å². The highest BCUT2D eigenvalue weighted by atomic mass is 32.1. The molecule has 1 N–H and O–H groups in total. The molecule has 4 heteroatoms. The van der Waals surface area contributed by atoms with Crippen LogP contribution in [0, 0.1) is 6.92 Å². The molecule has 3 nitrogen and oxygen atoms in total. The van der Waals surface area contributed by atoms with Gasteiger partial charge in [-0.3, -0.25) is 4.79 Å². The molecule has 0 aliphatic carbocycles. The summed E-state index contributed by atoms with van der Waals surface area (Å²) in [6, 6.07) is 6.08. The number of rotatable bonds is 4. The summed E-state index contributed by atoms with van der Waals surface area (Å²) in [7, 11) is 0. The minimum absolute atomic E-state index is 0.00935. The number of benzene rings is 1. The van der Waals surface area contributed by atoms with Crippen LogP contribution in [0.25, 0.3) is 0 Å². The molecule has 1 aromatic carbocycles. The lowest BCUT2D eigenvalue weighted by molar-refractivity contribution is -0.115. The molecule has 1 aromatic heterocycles. The molecule has 0 radical (unpaired) electrons. The van der Waals surface area contributed by atoms with Crippen molar-refractivity contribution in [2.45, 2.75) is 26.7 Å². The maximum atomic E-state index is 12.0. The first-order valence-corrected chi connectivity index (χ1v) is 6.90. The second kappa shape index (κ2) is 5.78. The van der Waals surface area contributed by atoms with Crippen molar-refractivity contribution in [3.63, 3.8) is 0 Å². The number of nitrogens with one attached hydrogen (secondary N) is 1. The summed E-state index contributed by atoms with van der Waals surface area (Å²) in [5.74, 6) is -0.00935. The van der Waals surface area contributed by atoms with Gasteiger partial charge in [0.2, 0.25) is 5.91 Å². The van der Waals surface area contributed by atoms with Gasteiger partial charge < -0.3 is 5.32 Å². The SMILES string of the molecule is CCc1cccc(C)c1NC(=O)Cc1cscn1. The highest BCUT2D eigenvalue weighted by Gasteiger charge is 2.09. The van der Waals surface area contributed by atoms with Crippen molar-refractivity contribution in [3.8, 4) is 0 Å². The van der Waals surface area contributed by atoms with Crippen LogP contribution in [0.1, 0.15) is 23.7 Å². The van der Waals surface area contributed by atoms with Crippen molar-refractivity contribution in [3.05, 3.63) is 45.9 Å². The van der Waals surface area contributed by atoms with E-state index in [0.29, 0.717) is 6.42 Å². The van der Waals surface area contributed by atoms with Gasteiger partial charge in [0.15, 0.2) is 0 Å². The molecule has 1 amide bonds. The fourth-order valence-electron chi connectivity index (χ4n) is 1.87. The van der Waals surface area contributed by atoms with Gasteiger partial charge >= 0.3 is 0 Å². The average molecular weight is 260 g/mol. The van der Waals surface area contributed by atoms with Crippen molar-refractivity contribution in [1.82, 2.24) is 4.98 Å². The molecule has 0 aliphatic rings. The predicted octanol–water partition coefficient (Wildman–Crippen LogP) is 3.20. The fourth-order valence-corrected chi connectivity index (χ4v) is 2.43. The number of hydrogen-bond donors (Lipinski definition) is 1. The Balaban J connectivity index is 2.11. The van der Waals surface area contributed by atoms with Gasteiger partial charge in [-0.15, -0.1) is 11.3 Å². The molecular weight excluding hydrogens is 244 g/mol. The Hall–Kier alpha value is -1.68. The number of aryl methyl sites for hydroxylation is 2. The molecular formula is C14H16N2OS. The van der Waals surface area contributed by atoms with Crippen molar-refractivity contribution in [2.24, 2.45) is 0 Å².